The van der Waals surface area contributed by atoms with Crippen molar-refractivity contribution < 1.29 is 0 Å². The van der Waals surface area contributed by atoms with Gasteiger partial charge in [-0.1, -0.05) is 33.1 Å². The van der Waals surface area contributed by atoms with Gasteiger partial charge in [-0.2, -0.15) is 0 Å². The van der Waals surface area contributed by atoms with E-state index in [2.05, 4.69) is 19.2 Å². The van der Waals surface area contributed by atoms with E-state index in [0.29, 0.717) is 5.41 Å². The minimum Gasteiger partial charge on any atom is -0.317 e. The maximum Gasteiger partial charge on any atom is -0.00487 e. The summed E-state index contributed by atoms with van der Waals surface area (Å²) < 4.78 is 0. The Hall–Kier alpha value is -0.0400. The molecule has 1 heteroatoms. The largest absolute Gasteiger partial charge is 0.317 e. The summed E-state index contributed by atoms with van der Waals surface area (Å²) in [6, 6.07) is 0. The summed E-state index contributed by atoms with van der Waals surface area (Å²) in [6.45, 7) is 7.31. The molecule has 0 bridgehead atoms. The first-order valence-electron chi connectivity index (χ1n) is 5.91. The topological polar surface area (TPSA) is 12.0 Å². The van der Waals surface area contributed by atoms with Crippen molar-refractivity contribution in [3.63, 3.8) is 0 Å². The SMILES string of the molecule is CC1(C)CCCCCCNCCC1. The minimum absolute atomic E-state index is 0.589. The summed E-state index contributed by atoms with van der Waals surface area (Å²) >= 11 is 0. The molecule has 1 N–H and O–H groups in total. The third-order valence-electron chi connectivity index (χ3n) is 3.16. The summed E-state index contributed by atoms with van der Waals surface area (Å²) in [5.41, 5.74) is 0.589. The third kappa shape index (κ3) is 5.30. The third-order valence-corrected chi connectivity index (χ3v) is 3.16. The molecular weight excluding hydrogens is 158 g/mol. The molecule has 78 valence electrons. The molecule has 0 atom stereocenters. The summed E-state index contributed by atoms with van der Waals surface area (Å²) in [6.07, 6.45) is 9.83. The van der Waals surface area contributed by atoms with Crippen molar-refractivity contribution in [1.82, 2.24) is 5.32 Å². The first-order chi connectivity index (χ1) is 6.21. The van der Waals surface area contributed by atoms with Gasteiger partial charge in [0.1, 0.15) is 0 Å². The van der Waals surface area contributed by atoms with Crippen molar-refractivity contribution in [3.8, 4) is 0 Å². The quantitative estimate of drug-likeness (QED) is 0.607. The van der Waals surface area contributed by atoms with Crippen molar-refractivity contribution in [2.75, 3.05) is 13.1 Å². The molecule has 0 amide bonds. The second-order valence-corrected chi connectivity index (χ2v) is 5.18. The van der Waals surface area contributed by atoms with Gasteiger partial charge in [-0.15, -0.1) is 0 Å². The van der Waals surface area contributed by atoms with E-state index in [4.69, 9.17) is 0 Å². The van der Waals surface area contributed by atoms with Gasteiger partial charge in [0.15, 0.2) is 0 Å². The Morgan fingerprint density at radius 3 is 2.23 bits per heavy atom. The maximum absolute atomic E-state index is 3.52. The molecule has 1 aliphatic rings. The van der Waals surface area contributed by atoms with Gasteiger partial charge in [-0.3, -0.25) is 0 Å². The van der Waals surface area contributed by atoms with Crippen LogP contribution in [0.25, 0.3) is 0 Å². The van der Waals surface area contributed by atoms with Crippen LogP contribution < -0.4 is 5.32 Å². The Balaban J connectivity index is 2.27. The lowest BCUT2D eigenvalue weighted by atomic mass is 9.82. The molecule has 0 unspecified atom stereocenters. The summed E-state index contributed by atoms with van der Waals surface area (Å²) in [7, 11) is 0. The van der Waals surface area contributed by atoms with Crippen LogP contribution in [0.15, 0.2) is 0 Å². The van der Waals surface area contributed by atoms with Crippen LogP contribution in [0, 0.1) is 5.41 Å². The van der Waals surface area contributed by atoms with E-state index in [1.54, 1.807) is 0 Å². The van der Waals surface area contributed by atoms with Gasteiger partial charge in [-0.05, 0) is 44.2 Å². The molecule has 0 radical (unpaired) electrons. The fraction of sp³-hybridized carbons (Fsp3) is 1.00. The van der Waals surface area contributed by atoms with E-state index in [1.807, 2.05) is 0 Å². The molecule has 0 aromatic carbocycles. The van der Waals surface area contributed by atoms with Gasteiger partial charge >= 0.3 is 0 Å². The van der Waals surface area contributed by atoms with E-state index < -0.39 is 0 Å². The van der Waals surface area contributed by atoms with Crippen molar-refractivity contribution in [2.24, 2.45) is 5.41 Å². The fourth-order valence-corrected chi connectivity index (χ4v) is 2.15. The molecule has 1 saturated heterocycles. The first kappa shape index (κ1) is 11.0. The number of hydrogen-bond acceptors (Lipinski definition) is 1. The molecule has 0 aromatic rings. The lowest BCUT2D eigenvalue weighted by Crippen LogP contribution is -2.18. The molecule has 1 nitrogen and oxygen atoms in total. The predicted octanol–water partition coefficient (Wildman–Crippen LogP) is 3.35. The lowest BCUT2D eigenvalue weighted by Gasteiger charge is -2.24. The zero-order chi connectivity index (χ0) is 9.57. The van der Waals surface area contributed by atoms with Gasteiger partial charge in [-0.25, -0.2) is 0 Å². The zero-order valence-corrected chi connectivity index (χ0v) is 9.36. The second-order valence-electron chi connectivity index (χ2n) is 5.18. The van der Waals surface area contributed by atoms with Crippen LogP contribution in [0.2, 0.25) is 0 Å². The number of nitrogens with one attached hydrogen (secondary N) is 1. The van der Waals surface area contributed by atoms with E-state index in [1.165, 1.54) is 58.0 Å². The monoisotopic (exact) mass is 183 g/mol. The molecule has 0 saturated carbocycles. The highest BCUT2D eigenvalue weighted by Crippen LogP contribution is 2.29. The predicted molar refractivity (Wildman–Crippen MR) is 59.0 cm³/mol. The summed E-state index contributed by atoms with van der Waals surface area (Å²) in [5, 5.41) is 3.52. The van der Waals surface area contributed by atoms with Gasteiger partial charge in [0.05, 0.1) is 0 Å². The molecule has 1 heterocycles. The van der Waals surface area contributed by atoms with Crippen LogP contribution in [-0.4, -0.2) is 13.1 Å². The molecule has 1 fully saturated rings. The van der Waals surface area contributed by atoms with Crippen LogP contribution in [0.3, 0.4) is 0 Å². The second kappa shape index (κ2) is 5.64. The number of rotatable bonds is 0. The van der Waals surface area contributed by atoms with Gasteiger partial charge in [0.2, 0.25) is 0 Å². The standard InChI is InChI=1S/C12H25N/c1-12(2)8-5-3-4-6-10-13-11-7-9-12/h13H,3-11H2,1-2H3. The lowest BCUT2D eigenvalue weighted by molar-refractivity contribution is 0.289. The smallest absolute Gasteiger partial charge is 0.00487 e. The van der Waals surface area contributed by atoms with Crippen LogP contribution in [0.1, 0.15) is 58.8 Å². The Morgan fingerprint density at radius 1 is 0.769 bits per heavy atom. The molecule has 0 spiro atoms. The fourth-order valence-electron chi connectivity index (χ4n) is 2.15. The molecule has 0 aliphatic carbocycles. The van der Waals surface area contributed by atoms with Crippen molar-refractivity contribution >= 4 is 0 Å². The molecular formula is C12H25N. The van der Waals surface area contributed by atoms with Crippen LogP contribution in [-0.2, 0) is 0 Å². The summed E-state index contributed by atoms with van der Waals surface area (Å²) in [5.74, 6) is 0. The Labute approximate surface area is 83.3 Å². The van der Waals surface area contributed by atoms with Crippen molar-refractivity contribution in [2.45, 2.75) is 58.8 Å². The Kier molecular flexibility index (Phi) is 4.79. The summed E-state index contributed by atoms with van der Waals surface area (Å²) in [4.78, 5) is 0. The van der Waals surface area contributed by atoms with Crippen LogP contribution >= 0.6 is 0 Å². The maximum atomic E-state index is 3.52. The normalized spacial score (nSPS) is 26.3. The highest BCUT2D eigenvalue weighted by atomic mass is 14.8. The van der Waals surface area contributed by atoms with E-state index in [0.717, 1.165) is 0 Å². The van der Waals surface area contributed by atoms with E-state index in [-0.39, 0.29) is 0 Å². The van der Waals surface area contributed by atoms with Gasteiger partial charge in [0, 0.05) is 0 Å². The highest BCUT2D eigenvalue weighted by Gasteiger charge is 2.16. The highest BCUT2D eigenvalue weighted by molar-refractivity contribution is 4.70. The van der Waals surface area contributed by atoms with E-state index >= 15 is 0 Å². The first-order valence-corrected chi connectivity index (χ1v) is 5.91. The van der Waals surface area contributed by atoms with Crippen molar-refractivity contribution in [1.29, 1.82) is 0 Å². The zero-order valence-electron chi connectivity index (χ0n) is 9.36. The molecule has 1 aliphatic heterocycles. The van der Waals surface area contributed by atoms with Crippen LogP contribution in [0.4, 0.5) is 0 Å². The Morgan fingerprint density at radius 2 is 1.38 bits per heavy atom. The van der Waals surface area contributed by atoms with Crippen molar-refractivity contribution in [3.05, 3.63) is 0 Å². The minimum atomic E-state index is 0.589. The molecule has 1 rings (SSSR count). The van der Waals surface area contributed by atoms with E-state index in [9.17, 15) is 0 Å². The van der Waals surface area contributed by atoms with Gasteiger partial charge < -0.3 is 5.32 Å². The molecule has 13 heavy (non-hydrogen) atoms. The van der Waals surface area contributed by atoms with Crippen LogP contribution in [0.5, 0.6) is 0 Å². The molecule has 0 aromatic heterocycles. The van der Waals surface area contributed by atoms with Gasteiger partial charge in [0.25, 0.3) is 0 Å². The average molecular weight is 183 g/mol. The number of hydrogen-bond donors (Lipinski definition) is 1. The Bertz CT molecular complexity index is 115. The average Bonchev–Trinajstić information content (AvgIpc) is 2.10.